The van der Waals surface area contributed by atoms with Crippen LogP contribution < -0.4 is 16.8 Å². The Morgan fingerprint density at radius 2 is 2.05 bits per heavy atom. The summed E-state index contributed by atoms with van der Waals surface area (Å²) in [6.45, 7) is 3.69. The number of primary amides is 1. The number of methoxy groups -OCH3 is 1. The number of ether oxygens (including phenoxy) is 1. The minimum Gasteiger partial charge on any atom is -0.467 e. The average molecular weight is 266 g/mol. The summed E-state index contributed by atoms with van der Waals surface area (Å²) < 4.78 is 4.70. The van der Waals surface area contributed by atoms with Crippen molar-refractivity contribution in [2.75, 3.05) is 18.2 Å². The lowest BCUT2D eigenvalue weighted by Crippen LogP contribution is -2.36. The molecule has 0 radical (unpaired) electrons. The van der Waals surface area contributed by atoms with Gasteiger partial charge in [-0.05, 0) is 12.0 Å². The molecule has 0 saturated carbocycles. The summed E-state index contributed by atoms with van der Waals surface area (Å²) in [4.78, 5) is 27.0. The van der Waals surface area contributed by atoms with E-state index in [4.69, 9.17) is 16.2 Å². The van der Waals surface area contributed by atoms with Crippen LogP contribution >= 0.6 is 0 Å². The molecule has 1 heterocycles. The lowest BCUT2D eigenvalue weighted by molar-refractivity contribution is -0.142. The maximum Gasteiger partial charge on any atom is 0.328 e. The molecule has 1 aromatic rings. The molecule has 0 aliphatic rings. The first kappa shape index (κ1) is 14.7. The lowest BCUT2D eigenvalue weighted by Gasteiger charge is -2.21. The van der Waals surface area contributed by atoms with Crippen molar-refractivity contribution < 1.29 is 14.3 Å². The van der Waals surface area contributed by atoms with Gasteiger partial charge in [-0.2, -0.15) is 0 Å². The number of aromatic nitrogens is 1. The number of pyridine rings is 1. The molecule has 0 fully saturated rings. The molecule has 104 valence electrons. The van der Waals surface area contributed by atoms with Gasteiger partial charge in [0.25, 0.3) is 5.91 Å². The number of nitrogens with two attached hydrogens (primary N) is 2. The standard InChI is InChI=1S/C12H18N4O3/c1-6(2)9(12(18)19-3)16-11-8(10(14)17)4-7(13)5-15-11/h4-6,9H,13H2,1-3H3,(H2,14,17)(H,15,16). The Bertz CT molecular complexity index is 488. The third kappa shape index (κ3) is 3.57. The summed E-state index contributed by atoms with van der Waals surface area (Å²) in [6.07, 6.45) is 1.38. The highest BCUT2D eigenvalue weighted by molar-refractivity contribution is 5.98. The van der Waals surface area contributed by atoms with Crippen molar-refractivity contribution in [2.24, 2.45) is 11.7 Å². The van der Waals surface area contributed by atoms with Crippen LogP contribution in [0.4, 0.5) is 11.5 Å². The molecule has 19 heavy (non-hydrogen) atoms. The smallest absolute Gasteiger partial charge is 0.328 e. The monoisotopic (exact) mass is 266 g/mol. The third-order valence-electron chi connectivity index (χ3n) is 2.59. The topological polar surface area (TPSA) is 120 Å². The summed E-state index contributed by atoms with van der Waals surface area (Å²) in [5, 5.41) is 2.86. The number of esters is 1. The summed E-state index contributed by atoms with van der Waals surface area (Å²) in [5.74, 6) is -0.947. The van der Waals surface area contributed by atoms with Crippen LogP contribution in [0.1, 0.15) is 24.2 Å². The Balaban J connectivity index is 3.09. The number of rotatable bonds is 5. The van der Waals surface area contributed by atoms with E-state index in [0.717, 1.165) is 0 Å². The van der Waals surface area contributed by atoms with Gasteiger partial charge >= 0.3 is 5.97 Å². The summed E-state index contributed by atoms with van der Waals surface area (Å²) in [5.41, 5.74) is 11.3. The molecule has 0 aromatic carbocycles. The number of carbonyl (C=O) groups excluding carboxylic acids is 2. The zero-order valence-electron chi connectivity index (χ0n) is 11.1. The number of hydrogen-bond donors (Lipinski definition) is 3. The molecular weight excluding hydrogens is 248 g/mol. The van der Waals surface area contributed by atoms with Crippen molar-refractivity contribution in [1.29, 1.82) is 0 Å². The Morgan fingerprint density at radius 3 is 2.53 bits per heavy atom. The van der Waals surface area contributed by atoms with E-state index in [2.05, 4.69) is 10.3 Å². The Hall–Kier alpha value is -2.31. The second-order valence-corrected chi connectivity index (χ2v) is 4.42. The van der Waals surface area contributed by atoms with E-state index in [9.17, 15) is 9.59 Å². The van der Waals surface area contributed by atoms with Crippen molar-refractivity contribution in [3.63, 3.8) is 0 Å². The van der Waals surface area contributed by atoms with Gasteiger partial charge in [-0.1, -0.05) is 13.8 Å². The SMILES string of the molecule is COC(=O)C(Nc1ncc(N)cc1C(N)=O)C(C)C. The van der Waals surface area contributed by atoms with Gasteiger partial charge in [0, 0.05) is 0 Å². The van der Waals surface area contributed by atoms with Crippen LogP contribution in [0.3, 0.4) is 0 Å². The maximum atomic E-state index is 11.7. The molecule has 1 amide bonds. The third-order valence-corrected chi connectivity index (χ3v) is 2.59. The summed E-state index contributed by atoms with van der Waals surface area (Å²) in [7, 11) is 1.30. The van der Waals surface area contributed by atoms with E-state index in [0.29, 0.717) is 5.69 Å². The molecule has 0 aliphatic carbocycles. The normalized spacial score (nSPS) is 12.0. The number of nitrogen functional groups attached to an aromatic ring is 1. The number of nitrogens with zero attached hydrogens (tertiary/aromatic N) is 1. The van der Waals surface area contributed by atoms with Crippen LogP contribution in [0.5, 0.6) is 0 Å². The fraction of sp³-hybridized carbons (Fsp3) is 0.417. The van der Waals surface area contributed by atoms with E-state index >= 15 is 0 Å². The average Bonchev–Trinajstić information content (AvgIpc) is 2.35. The molecule has 1 unspecified atom stereocenters. The van der Waals surface area contributed by atoms with Crippen molar-refractivity contribution in [2.45, 2.75) is 19.9 Å². The molecule has 0 bridgehead atoms. The fourth-order valence-corrected chi connectivity index (χ4v) is 1.56. The molecule has 7 nitrogen and oxygen atoms in total. The van der Waals surface area contributed by atoms with Gasteiger partial charge in [0.05, 0.1) is 24.6 Å². The highest BCUT2D eigenvalue weighted by Crippen LogP contribution is 2.18. The van der Waals surface area contributed by atoms with E-state index in [1.165, 1.54) is 19.4 Å². The van der Waals surface area contributed by atoms with E-state index < -0.39 is 17.9 Å². The minimum absolute atomic E-state index is 0.0486. The first-order valence-corrected chi connectivity index (χ1v) is 5.76. The molecule has 1 aromatic heterocycles. The molecule has 0 spiro atoms. The van der Waals surface area contributed by atoms with E-state index in [-0.39, 0.29) is 17.3 Å². The molecule has 7 heteroatoms. The molecule has 5 N–H and O–H groups in total. The van der Waals surface area contributed by atoms with Gasteiger partial charge < -0.3 is 21.5 Å². The quantitative estimate of drug-likeness (QED) is 0.662. The van der Waals surface area contributed by atoms with Crippen LogP contribution in [0, 0.1) is 5.92 Å². The number of hydrogen-bond acceptors (Lipinski definition) is 6. The molecule has 1 atom stereocenters. The summed E-state index contributed by atoms with van der Waals surface area (Å²) in [6, 6.07) is 0.783. The van der Waals surface area contributed by atoms with Crippen LogP contribution in [-0.2, 0) is 9.53 Å². The van der Waals surface area contributed by atoms with Crippen molar-refractivity contribution in [3.05, 3.63) is 17.8 Å². The first-order chi connectivity index (χ1) is 8.86. The number of nitrogens with one attached hydrogen (secondary N) is 1. The fourth-order valence-electron chi connectivity index (χ4n) is 1.56. The largest absolute Gasteiger partial charge is 0.467 e. The second kappa shape index (κ2) is 6.03. The Labute approximate surface area is 111 Å². The van der Waals surface area contributed by atoms with Crippen LogP contribution in [0.25, 0.3) is 0 Å². The van der Waals surface area contributed by atoms with Crippen LogP contribution in [0.2, 0.25) is 0 Å². The van der Waals surface area contributed by atoms with Crippen molar-refractivity contribution >= 4 is 23.4 Å². The highest BCUT2D eigenvalue weighted by atomic mass is 16.5. The van der Waals surface area contributed by atoms with Gasteiger partial charge in [-0.25, -0.2) is 9.78 Å². The lowest BCUT2D eigenvalue weighted by atomic mass is 10.0. The molecular formula is C12H18N4O3. The number of anilines is 2. The van der Waals surface area contributed by atoms with E-state index in [1.54, 1.807) is 0 Å². The van der Waals surface area contributed by atoms with Gasteiger partial charge in [0.2, 0.25) is 0 Å². The minimum atomic E-state index is -0.672. The molecule has 0 aliphatic heterocycles. The number of amides is 1. The molecule has 1 rings (SSSR count). The van der Waals surface area contributed by atoms with Gasteiger partial charge in [-0.3, -0.25) is 4.79 Å². The molecule has 0 saturated heterocycles. The summed E-state index contributed by atoms with van der Waals surface area (Å²) >= 11 is 0. The van der Waals surface area contributed by atoms with Gasteiger partial charge in [0.1, 0.15) is 11.9 Å². The predicted molar refractivity (Wildman–Crippen MR) is 71.4 cm³/mol. The van der Waals surface area contributed by atoms with Crippen LogP contribution in [-0.4, -0.2) is 30.0 Å². The van der Waals surface area contributed by atoms with Gasteiger partial charge in [0.15, 0.2) is 0 Å². The Kier molecular flexibility index (Phi) is 4.68. The van der Waals surface area contributed by atoms with Gasteiger partial charge in [-0.15, -0.1) is 0 Å². The second-order valence-electron chi connectivity index (χ2n) is 4.42. The highest BCUT2D eigenvalue weighted by Gasteiger charge is 2.25. The zero-order valence-corrected chi connectivity index (χ0v) is 11.1. The predicted octanol–water partition coefficient (Wildman–Crippen LogP) is 0.372. The van der Waals surface area contributed by atoms with Crippen LogP contribution in [0.15, 0.2) is 12.3 Å². The number of carbonyl (C=O) groups is 2. The maximum absolute atomic E-state index is 11.7. The first-order valence-electron chi connectivity index (χ1n) is 5.76. The zero-order chi connectivity index (χ0) is 14.6. The Morgan fingerprint density at radius 1 is 1.42 bits per heavy atom. The van der Waals surface area contributed by atoms with Crippen molar-refractivity contribution in [3.8, 4) is 0 Å². The van der Waals surface area contributed by atoms with Crippen molar-refractivity contribution in [1.82, 2.24) is 4.98 Å². The van der Waals surface area contributed by atoms with E-state index in [1.807, 2.05) is 13.8 Å².